The molecule has 6 rings (SSSR count). The molecule has 0 aromatic heterocycles. The monoisotopic (exact) mass is 593 g/mol. The summed E-state index contributed by atoms with van der Waals surface area (Å²) in [4.78, 5) is 33.6. The molecule has 2 aliphatic rings. The Morgan fingerprint density at radius 3 is 2.37 bits per heavy atom. The molecule has 0 saturated carbocycles. The predicted molar refractivity (Wildman–Crippen MR) is 169 cm³/mol. The number of amides is 2. The van der Waals surface area contributed by atoms with Gasteiger partial charge in [-0.1, -0.05) is 48.0 Å². The summed E-state index contributed by atoms with van der Waals surface area (Å²) in [5.74, 6) is -0.597. The average Bonchev–Trinajstić information content (AvgIpc) is 3.06. The lowest BCUT2D eigenvalue weighted by molar-refractivity contribution is 0.0726. The largest absolute Gasteiger partial charge is 0.365 e. The molecule has 2 aliphatic heterocycles. The molecule has 220 valence electrons. The number of piperazine rings is 1. The molecule has 7 nitrogen and oxygen atoms in total. The Bertz CT molecular complexity index is 1870. The molecule has 1 atom stereocenters. The summed E-state index contributed by atoms with van der Waals surface area (Å²) in [7, 11) is -4.03. The van der Waals surface area contributed by atoms with Crippen LogP contribution in [-0.2, 0) is 16.4 Å². The van der Waals surface area contributed by atoms with E-state index in [1.807, 2.05) is 43.0 Å². The van der Waals surface area contributed by atoms with Crippen LogP contribution >= 0.6 is 0 Å². The van der Waals surface area contributed by atoms with Crippen LogP contribution < -0.4 is 9.80 Å². The van der Waals surface area contributed by atoms with Crippen LogP contribution in [0.3, 0.4) is 0 Å². The Labute approximate surface area is 253 Å². The van der Waals surface area contributed by atoms with Crippen LogP contribution in [0.5, 0.6) is 0 Å². The topological polar surface area (TPSA) is 78.0 Å². The number of hydrogen-bond acceptors (Lipinski definition) is 5. The summed E-state index contributed by atoms with van der Waals surface area (Å²) in [6.07, 6.45) is 0. The van der Waals surface area contributed by atoms with Crippen molar-refractivity contribution in [1.29, 1.82) is 0 Å². The van der Waals surface area contributed by atoms with Crippen molar-refractivity contribution in [3.63, 3.8) is 0 Å². The van der Waals surface area contributed by atoms with Gasteiger partial charge in [-0.3, -0.25) is 9.59 Å². The van der Waals surface area contributed by atoms with Crippen molar-refractivity contribution in [2.24, 2.45) is 0 Å². The van der Waals surface area contributed by atoms with Crippen molar-refractivity contribution in [1.82, 2.24) is 4.90 Å². The van der Waals surface area contributed by atoms with Gasteiger partial charge in [0, 0.05) is 36.9 Å². The van der Waals surface area contributed by atoms with E-state index in [1.165, 1.54) is 22.6 Å². The third-order valence-corrected chi connectivity index (χ3v) is 10.4. The number of fused-ring (bicyclic) bond motifs is 2. The van der Waals surface area contributed by atoms with Gasteiger partial charge in [0.1, 0.15) is 0 Å². The van der Waals surface area contributed by atoms with Crippen molar-refractivity contribution >= 4 is 33.0 Å². The number of rotatable bonds is 4. The molecule has 0 bridgehead atoms. The van der Waals surface area contributed by atoms with Gasteiger partial charge in [-0.25, -0.2) is 8.42 Å². The van der Waals surface area contributed by atoms with Crippen LogP contribution in [0.1, 0.15) is 49.9 Å². The molecule has 2 heterocycles. The minimum Gasteiger partial charge on any atom is -0.365 e. The summed E-state index contributed by atoms with van der Waals surface area (Å²) in [6.45, 7) is 10.0. The molecule has 4 aromatic rings. The second-order valence-electron chi connectivity index (χ2n) is 11.6. The smallest absolute Gasteiger partial charge is 0.259 e. The Balaban J connectivity index is 1.38. The highest BCUT2D eigenvalue weighted by molar-refractivity contribution is 7.91. The van der Waals surface area contributed by atoms with Crippen molar-refractivity contribution < 1.29 is 18.0 Å². The van der Waals surface area contributed by atoms with Gasteiger partial charge in [0.15, 0.2) is 0 Å². The highest BCUT2D eigenvalue weighted by atomic mass is 32.2. The van der Waals surface area contributed by atoms with E-state index in [4.69, 9.17) is 0 Å². The van der Waals surface area contributed by atoms with Crippen molar-refractivity contribution in [2.75, 3.05) is 29.4 Å². The molecular weight excluding hydrogens is 558 g/mol. The molecule has 0 spiro atoms. The summed E-state index contributed by atoms with van der Waals surface area (Å²) < 4.78 is 27.8. The first kappa shape index (κ1) is 28.7. The molecule has 1 unspecified atom stereocenters. The normalized spacial score (nSPS) is 17.7. The van der Waals surface area contributed by atoms with Gasteiger partial charge < -0.3 is 14.7 Å². The number of carbonyl (C=O) groups is 2. The number of carbonyl (C=O) groups excluding carboxylic acids is 2. The number of aryl methyl sites for hydroxylation is 3. The van der Waals surface area contributed by atoms with Gasteiger partial charge in [-0.05, 0) is 86.8 Å². The third-order valence-electron chi connectivity index (χ3n) is 8.52. The Morgan fingerprint density at radius 2 is 1.60 bits per heavy atom. The zero-order valence-corrected chi connectivity index (χ0v) is 25.7. The maximum Gasteiger partial charge on any atom is 0.259 e. The highest BCUT2D eigenvalue weighted by Crippen LogP contribution is 2.39. The molecule has 2 amide bonds. The van der Waals surface area contributed by atoms with Crippen LogP contribution in [0.15, 0.2) is 94.7 Å². The lowest BCUT2D eigenvalue weighted by Gasteiger charge is -2.41. The van der Waals surface area contributed by atoms with Gasteiger partial charge in [0.25, 0.3) is 11.8 Å². The van der Waals surface area contributed by atoms with E-state index in [1.54, 1.807) is 30.3 Å². The van der Waals surface area contributed by atoms with Crippen molar-refractivity contribution in [3.8, 4) is 0 Å². The highest BCUT2D eigenvalue weighted by Gasteiger charge is 2.37. The van der Waals surface area contributed by atoms with Crippen LogP contribution in [0, 0.1) is 20.8 Å². The number of nitrogens with zero attached hydrogens (tertiary/aromatic N) is 3. The first-order valence-electron chi connectivity index (χ1n) is 14.5. The molecule has 0 N–H and O–H groups in total. The fourth-order valence-corrected chi connectivity index (χ4v) is 7.78. The number of benzene rings is 4. The van der Waals surface area contributed by atoms with Gasteiger partial charge in [-0.15, -0.1) is 0 Å². The predicted octanol–water partition coefficient (Wildman–Crippen LogP) is 5.96. The van der Waals surface area contributed by atoms with E-state index in [-0.39, 0.29) is 39.5 Å². The molecule has 0 aliphatic carbocycles. The fourth-order valence-electron chi connectivity index (χ4n) is 6.15. The average molecular weight is 594 g/mol. The molecule has 1 fully saturated rings. The van der Waals surface area contributed by atoms with E-state index in [0.717, 1.165) is 22.4 Å². The minimum absolute atomic E-state index is 0.0188. The zero-order chi connectivity index (χ0) is 30.5. The quantitative estimate of drug-likeness (QED) is 0.292. The zero-order valence-electron chi connectivity index (χ0n) is 24.9. The van der Waals surface area contributed by atoms with Crippen LogP contribution in [0.4, 0.5) is 11.4 Å². The number of sulfone groups is 1. The molecule has 1 saturated heterocycles. The number of anilines is 2. The summed E-state index contributed by atoms with van der Waals surface area (Å²) in [5, 5.41) is 0. The van der Waals surface area contributed by atoms with E-state index < -0.39 is 15.7 Å². The summed E-state index contributed by atoms with van der Waals surface area (Å²) in [5.41, 5.74) is 5.97. The summed E-state index contributed by atoms with van der Waals surface area (Å²) >= 11 is 0. The van der Waals surface area contributed by atoms with Crippen LogP contribution in [-0.4, -0.2) is 50.8 Å². The van der Waals surface area contributed by atoms with Gasteiger partial charge >= 0.3 is 0 Å². The molecule has 43 heavy (non-hydrogen) atoms. The molecular formula is C35H35N3O4S. The maximum atomic E-state index is 14.1. The Hall–Kier alpha value is -4.43. The maximum absolute atomic E-state index is 14.1. The summed E-state index contributed by atoms with van der Waals surface area (Å²) in [6, 6.07) is 25.4. The van der Waals surface area contributed by atoms with E-state index in [0.29, 0.717) is 25.2 Å². The van der Waals surface area contributed by atoms with E-state index >= 15 is 0 Å². The van der Waals surface area contributed by atoms with Crippen LogP contribution in [0.25, 0.3) is 0 Å². The molecule has 4 aromatic carbocycles. The van der Waals surface area contributed by atoms with E-state index in [9.17, 15) is 18.0 Å². The second-order valence-corrected chi connectivity index (χ2v) is 13.5. The van der Waals surface area contributed by atoms with Gasteiger partial charge in [0.2, 0.25) is 9.84 Å². The lowest BCUT2D eigenvalue weighted by atomic mass is 10.0. The molecule has 8 heteroatoms. The number of hydrogen-bond donors (Lipinski definition) is 0. The first-order chi connectivity index (χ1) is 20.5. The van der Waals surface area contributed by atoms with Crippen LogP contribution in [0.2, 0.25) is 0 Å². The Morgan fingerprint density at radius 1 is 0.837 bits per heavy atom. The lowest BCUT2D eigenvalue weighted by Crippen LogP contribution is -2.53. The Kier molecular flexibility index (Phi) is 7.34. The molecule has 0 radical (unpaired) electrons. The van der Waals surface area contributed by atoms with Crippen molar-refractivity contribution in [3.05, 3.63) is 118 Å². The fraction of sp³-hybridized carbons (Fsp3) is 0.257. The second kappa shape index (κ2) is 11.0. The first-order valence-corrected chi connectivity index (χ1v) is 16.0. The van der Waals surface area contributed by atoms with Gasteiger partial charge in [0.05, 0.1) is 27.6 Å². The van der Waals surface area contributed by atoms with E-state index in [2.05, 4.69) is 36.9 Å². The van der Waals surface area contributed by atoms with Gasteiger partial charge in [-0.2, -0.15) is 0 Å². The third kappa shape index (κ3) is 5.20. The SMILES string of the molecule is Cc1cccc(N2CCN(C(=O)c3ccc4c(c3)N(Cc3cc(C)ccc3C)C(=O)c3ccccc3S4(=O)=O)CC2C)c1. The standard InChI is InChI=1S/C35H35N3O4S/c1-23-8-7-9-29(19-23)37-17-16-36(21-26(37)4)34(39)27-14-15-33-31(20-27)38(22-28-18-24(2)12-13-25(28)3)35(40)30-10-5-6-11-32(30)43(33,41)42/h5-15,18-20,26H,16-17,21-22H2,1-4H3. The minimum atomic E-state index is -4.03. The van der Waals surface area contributed by atoms with Crippen molar-refractivity contribution in [2.45, 2.75) is 50.1 Å².